The van der Waals surface area contributed by atoms with Crippen LogP contribution in [0.5, 0.6) is 5.75 Å². The summed E-state index contributed by atoms with van der Waals surface area (Å²) < 4.78 is 9.83. The smallest absolute Gasteiger partial charge is 0.310 e. The third-order valence-corrected chi connectivity index (χ3v) is 9.42. The van der Waals surface area contributed by atoms with Gasteiger partial charge in [0, 0.05) is 24.0 Å². The normalized spacial score (nSPS) is 31.4. The van der Waals surface area contributed by atoms with Crippen molar-refractivity contribution in [2.75, 3.05) is 38.3 Å². The van der Waals surface area contributed by atoms with E-state index in [1.807, 2.05) is 0 Å². The maximum absolute atomic E-state index is 14.2. The molecule has 3 heterocycles. The van der Waals surface area contributed by atoms with Crippen LogP contribution in [0.2, 0.25) is 0 Å². The van der Waals surface area contributed by atoms with Gasteiger partial charge in [-0.2, -0.15) is 0 Å². The number of hydrogen-bond acceptors (Lipinski definition) is 7. The number of anilines is 1. The van der Waals surface area contributed by atoms with Crippen molar-refractivity contribution in [3.05, 3.63) is 36.9 Å². The molecule has 3 fully saturated rings. The first-order chi connectivity index (χ1) is 16.3. The molecule has 1 aromatic carbocycles. The van der Waals surface area contributed by atoms with Crippen LogP contribution in [0.15, 0.2) is 36.9 Å². The number of benzene rings is 1. The van der Waals surface area contributed by atoms with Crippen LogP contribution in [-0.2, 0) is 19.1 Å². The number of nitrogens with zero attached hydrogens (tertiary/aromatic N) is 2. The second-order valence-corrected chi connectivity index (χ2v) is 10.5. The minimum atomic E-state index is -0.802. The summed E-state index contributed by atoms with van der Waals surface area (Å²) in [6.07, 6.45) is 2.38. The molecule has 6 atom stereocenters. The molecule has 3 aliphatic heterocycles. The van der Waals surface area contributed by atoms with Crippen molar-refractivity contribution >= 4 is 35.2 Å². The molecule has 3 saturated heterocycles. The van der Waals surface area contributed by atoms with Crippen molar-refractivity contribution in [3.8, 4) is 5.75 Å². The van der Waals surface area contributed by atoms with E-state index in [0.29, 0.717) is 11.4 Å². The first-order valence-corrected chi connectivity index (χ1v) is 12.6. The molecule has 34 heavy (non-hydrogen) atoms. The van der Waals surface area contributed by atoms with Crippen molar-refractivity contribution in [1.82, 2.24) is 4.90 Å². The highest BCUT2D eigenvalue weighted by atomic mass is 32.2. The first-order valence-electron chi connectivity index (χ1n) is 11.7. The number of aliphatic hydroxyl groups excluding tert-OH is 1. The second kappa shape index (κ2) is 9.62. The number of methoxy groups -OCH3 is 1. The van der Waals surface area contributed by atoms with Gasteiger partial charge in [-0.1, -0.05) is 13.0 Å². The number of aliphatic hydroxyl groups is 1. The second-order valence-electron chi connectivity index (χ2n) is 9.00. The van der Waals surface area contributed by atoms with Gasteiger partial charge in [-0.3, -0.25) is 14.4 Å². The van der Waals surface area contributed by atoms with Gasteiger partial charge in [0.05, 0.1) is 36.9 Å². The molecule has 3 aliphatic rings. The molecule has 0 saturated carbocycles. The van der Waals surface area contributed by atoms with E-state index in [1.165, 1.54) is 4.90 Å². The number of carbonyl (C=O) groups is 3. The predicted octanol–water partition coefficient (Wildman–Crippen LogP) is 2.11. The van der Waals surface area contributed by atoms with Crippen LogP contribution in [0, 0.1) is 17.8 Å². The minimum absolute atomic E-state index is 0.0333. The quantitative estimate of drug-likeness (QED) is 0.420. The number of ether oxygens (including phenoxy) is 2. The Labute approximate surface area is 204 Å². The predicted molar refractivity (Wildman–Crippen MR) is 130 cm³/mol. The van der Waals surface area contributed by atoms with Gasteiger partial charge in [0.2, 0.25) is 5.91 Å². The number of likely N-dealkylation sites (tertiary alicyclic amines) is 1. The van der Waals surface area contributed by atoms with E-state index in [2.05, 4.69) is 13.5 Å². The molecular weight excluding hydrogens is 456 g/mol. The highest BCUT2D eigenvalue weighted by molar-refractivity contribution is 8.02. The summed E-state index contributed by atoms with van der Waals surface area (Å²) in [6.45, 7) is 7.89. The van der Waals surface area contributed by atoms with Gasteiger partial charge >= 0.3 is 5.97 Å². The van der Waals surface area contributed by atoms with Gasteiger partial charge in [0.15, 0.2) is 0 Å². The average Bonchev–Trinajstić information content (AvgIpc) is 3.42. The highest BCUT2D eigenvalue weighted by Gasteiger charge is 2.76. The lowest BCUT2D eigenvalue weighted by Crippen LogP contribution is -2.57. The monoisotopic (exact) mass is 488 g/mol. The fraction of sp³-hybridized carbons (Fsp3) is 0.560. The molecule has 1 aromatic rings. The molecule has 0 aliphatic carbocycles. The van der Waals surface area contributed by atoms with E-state index in [-0.39, 0.29) is 55.3 Å². The van der Waals surface area contributed by atoms with Crippen LogP contribution >= 0.6 is 11.8 Å². The Morgan fingerprint density at radius 1 is 1.35 bits per heavy atom. The van der Waals surface area contributed by atoms with E-state index < -0.39 is 22.6 Å². The van der Waals surface area contributed by atoms with Crippen LogP contribution in [-0.4, -0.2) is 77.2 Å². The molecule has 3 unspecified atom stereocenters. The van der Waals surface area contributed by atoms with Crippen molar-refractivity contribution in [1.29, 1.82) is 0 Å². The zero-order valence-electron chi connectivity index (χ0n) is 19.8. The molecule has 8 nitrogen and oxygen atoms in total. The van der Waals surface area contributed by atoms with Gasteiger partial charge < -0.3 is 24.4 Å². The Morgan fingerprint density at radius 3 is 2.65 bits per heavy atom. The number of hydrogen-bond donors (Lipinski definition) is 1. The van der Waals surface area contributed by atoms with E-state index in [0.717, 1.165) is 6.42 Å². The van der Waals surface area contributed by atoms with E-state index >= 15 is 0 Å². The van der Waals surface area contributed by atoms with Crippen LogP contribution in [0.3, 0.4) is 0 Å². The summed E-state index contributed by atoms with van der Waals surface area (Å²) in [6, 6.07) is 6.35. The molecule has 9 heteroatoms. The summed E-state index contributed by atoms with van der Waals surface area (Å²) >= 11 is 1.59. The summed E-state index contributed by atoms with van der Waals surface area (Å²) in [5.41, 5.74) is 0.661. The minimum Gasteiger partial charge on any atom is -0.497 e. The number of thioether (sulfide) groups is 1. The Balaban J connectivity index is 1.78. The van der Waals surface area contributed by atoms with Crippen molar-refractivity contribution in [2.45, 2.75) is 36.3 Å². The van der Waals surface area contributed by atoms with Gasteiger partial charge in [-0.05, 0) is 43.5 Å². The topological polar surface area (TPSA) is 96.4 Å². The molecule has 1 spiro atoms. The zero-order valence-corrected chi connectivity index (χ0v) is 20.6. The standard InChI is InChI=1S/C25H32N2O6S/c1-5-11-26(16-7-9-17(32-4)10-8-16)23(30)21-25-15(3)14-18(34-25)19(24(31)33-6-2)20(25)22(29)27(21)12-13-28/h5,7-10,15,18-21,28H,1,6,11-14H2,2-4H3/t15?,18-,19+,20-,21?,25?/m0/s1. The lowest BCUT2D eigenvalue weighted by Gasteiger charge is -2.40. The number of amides is 2. The lowest BCUT2D eigenvalue weighted by atomic mass is 9.66. The zero-order chi connectivity index (χ0) is 24.6. The van der Waals surface area contributed by atoms with Crippen LogP contribution in [0.4, 0.5) is 5.69 Å². The fourth-order valence-corrected chi connectivity index (χ4v) is 8.42. The third-order valence-electron chi connectivity index (χ3n) is 7.34. The summed E-state index contributed by atoms with van der Waals surface area (Å²) in [5.74, 6) is -1.38. The molecule has 184 valence electrons. The van der Waals surface area contributed by atoms with E-state index in [4.69, 9.17) is 9.47 Å². The Bertz CT molecular complexity index is 969. The lowest BCUT2D eigenvalue weighted by molar-refractivity contribution is -0.154. The maximum atomic E-state index is 14.2. The number of rotatable bonds is 9. The summed E-state index contributed by atoms with van der Waals surface area (Å²) in [7, 11) is 1.58. The molecule has 1 N–H and O–H groups in total. The fourth-order valence-electron chi connectivity index (χ4n) is 6.02. The summed E-state index contributed by atoms with van der Waals surface area (Å²) in [4.78, 5) is 44.0. The van der Waals surface area contributed by atoms with Crippen LogP contribution in [0.25, 0.3) is 0 Å². The number of fused-ring (bicyclic) bond motifs is 1. The molecular formula is C25H32N2O6S. The van der Waals surface area contributed by atoms with E-state index in [9.17, 15) is 19.5 Å². The average molecular weight is 489 g/mol. The summed E-state index contributed by atoms with van der Waals surface area (Å²) in [5, 5.41) is 9.70. The number of carbonyl (C=O) groups excluding carboxylic acids is 3. The van der Waals surface area contributed by atoms with Crippen molar-refractivity contribution < 1.29 is 29.0 Å². The number of β-amino-alcohol motifs (C(OH)–C–C–N with tert-alkyl or cyclic N) is 1. The highest BCUT2D eigenvalue weighted by Crippen LogP contribution is 2.68. The van der Waals surface area contributed by atoms with Crippen molar-refractivity contribution in [3.63, 3.8) is 0 Å². The third kappa shape index (κ3) is 3.60. The first kappa shape index (κ1) is 24.6. The number of esters is 1. The van der Waals surface area contributed by atoms with Gasteiger partial charge in [0.1, 0.15) is 11.8 Å². The Morgan fingerprint density at radius 2 is 2.06 bits per heavy atom. The Kier molecular flexibility index (Phi) is 6.96. The Hall–Kier alpha value is -2.52. The van der Waals surface area contributed by atoms with Gasteiger partial charge in [-0.15, -0.1) is 18.3 Å². The largest absolute Gasteiger partial charge is 0.497 e. The molecule has 4 rings (SSSR count). The van der Waals surface area contributed by atoms with E-state index in [1.54, 1.807) is 61.0 Å². The van der Waals surface area contributed by atoms with Crippen LogP contribution < -0.4 is 9.64 Å². The SMILES string of the molecule is C=CCN(C(=O)C1N(CCO)C(=O)[C@@H]2[C@H](C(=O)OCC)[C@@H]3CC(C)C12S3)c1ccc(OC)cc1. The molecule has 2 bridgehead atoms. The van der Waals surface area contributed by atoms with Crippen LogP contribution in [0.1, 0.15) is 20.3 Å². The van der Waals surface area contributed by atoms with Crippen molar-refractivity contribution in [2.24, 2.45) is 17.8 Å². The molecule has 2 amide bonds. The van der Waals surface area contributed by atoms with Gasteiger partial charge in [-0.25, -0.2) is 0 Å². The van der Waals surface area contributed by atoms with Gasteiger partial charge in [0.25, 0.3) is 5.91 Å². The molecule has 0 radical (unpaired) electrons. The maximum Gasteiger partial charge on any atom is 0.310 e. The molecule has 0 aromatic heterocycles.